The molecule has 12 heavy (non-hydrogen) atoms. The first-order valence-corrected chi connectivity index (χ1v) is 4.80. The van der Waals surface area contributed by atoms with Crippen molar-refractivity contribution in [1.82, 2.24) is 0 Å². The topological polar surface area (TPSA) is 9.23 Å². The second-order valence-electron chi connectivity index (χ2n) is 3.41. The zero-order chi connectivity index (χ0) is 9.40. The third kappa shape index (κ3) is 5.21. The van der Waals surface area contributed by atoms with Gasteiger partial charge in [0.05, 0.1) is 0 Å². The molecule has 0 rings (SSSR count). The predicted octanol–water partition coefficient (Wildman–Crippen LogP) is 2.85. The average molecular weight is 168 g/mol. The van der Waals surface area contributed by atoms with E-state index in [-0.39, 0.29) is 6.10 Å². The van der Waals surface area contributed by atoms with E-state index >= 15 is 0 Å². The number of unbranched alkanes of at least 4 members (excludes halogenated alkanes) is 2. The van der Waals surface area contributed by atoms with E-state index in [9.17, 15) is 0 Å². The van der Waals surface area contributed by atoms with Gasteiger partial charge in [-0.3, -0.25) is 0 Å². The Balaban J connectivity index is 3.41. The molecule has 0 spiro atoms. The highest BCUT2D eigenvalue weighted by Crippen LogP contribution is 2.06. The Bertz CT molecular complexity index is 132. The van der Waals surface area contributed by atoms with Crippen LogP contribution in [0.15, 0.2) is 0 Å². The molecule has 0 saturated carbocycles. The lowest BCUT2D eigenvalue weighted by Gasteiger charge is -2.15. The summed E-state index contributed by atoms with van der Waals surface area (Å²) in [5.41, 5.74) is 0. The van der Waals surface area contributed by atoms with Crippen LogP contribution in [0.3, 0.4) is 0 Å². The van der Waals surface area contributed by atoms with Crippen LogP contribution in [0.4, 0.5) is 0 Å². The van der Waals surface area contributed by atoms with E-state index in [1.54, 1.807) is 0 Å². The van der Waals surface area contributed by atoms with Gasteiger partial charge in [-0.05, 0) is 12.3 Å². The first kappa shape index (κ1) is 11.5. The normalized spacial score (nSPS) is 12.9. The minimum absolute atomic E-state index is 0.00172. The van der Waals surface area contributed by atoms with Gasteiger partial charge in [0.15, 0.2) is 0 Å². The molecule has 0 aromatic rings. The van der Waals surface area contributed by atoms with Gasteiger partial charge in [0.25, 0.3) is 0 Å². The monoisotopic (exact) mass is 168 g/mol. The summed E-state index contributed by atoms with van der Waals surface area (Å²) in [7, 11) is 0. The van der Waals surface area contributed by atoms with Crippen LogP contribution in [0.2, 0.25) is 0 Å². The standard InChI is InChI=1S/C11H20O/c1-5-7-8-9-12-11(6-2)10(3)4/h2,10-11H,5,7-9H2,1,3-4H3. The average Bonchev–Trinajstić information content (AvgIpc) is 2.04. The molecule has 1 atom stereocenters. The summed E-state index contributed by atoms with van der Waals surface area (Å²) < 4.78 is 5.52. The van der Waals surface area contributed by atoms with Crippen LogP contribution in [-0.2, 0) is 4.74 Å². The van der Waals surface area contributed by atoms with Crippen LogP contribution in [0.5, 0.6) is 0 Å². The fourth-order valence-electron chi connectivity index (χ4n) is 0.995. The second-order valence-corrected chi connectivity index (χ2v) is 3.41. The fraction of sp³-hybridized carbons (Fsp3) is 0.818. The number of hydrogen-bond donors (Lipinski definition) is 0. The van der Waals surface area contributed by atoms with Crippen LogP contribution in [0.25, 0.3) is 0 Å². The van der Waals surface area contributed by atoms with Gasteiger partial charge in [-0.25, -0.2) is 0 Å². The first-order chi connectivity index (χ1) is 5.72. The maximum Gasteiger partial charge on any atom is 0.120 e. The van der Waals surface area contributed by atoms with Gasteiger partial charge in [-0.15, -0.1) is 6.42 Å². The lowest BCUT2D eigenvalue weighted by atomic mass is 10.1. The molecule has 0 aromatic heterocycles. The number of rotatable bonds is 6. The first-order valence-electron chi connectivity index (χ1n) is 4.80. The molecule has 0 aliphatic rings. The number of terminal acetylenes is 1. The Hall–Kier alpha value is -0.480. The maximum atomic E-state index is 5.52. The molecule has 70 valence electrons. The highest BCUT2D eigenvalue weighted by atomic mass is 16.5. The molecule has 1 nitrogen and oxygen atoms in total. The fourth-order valence-corrected chi connectivity index (χ4v) is 0.995. The summed E-state index contributed by atoms with van der Waals surface area (Å²) in [6, 6.07) is 0. The van der Waals surface area contributed by atoms with Gasteiger partial charge >= 0.3 is 0 Å². The molecule has 0 heterocycles. The highest BCUT2D eigenvalue weighted by molar-refractivity contribution is 4.96. The largest absolute Gasteiger partial charge is 0.365 e. The van der Waals surface area contributed by atoms with Gasteiger partial charge in [-0.2, -0.15) is 0 Å². The van der Waals surface area contributed by atoms with Crippen molar-refractivity contribution in [3.8, 4) is 12.3 Å². The van der Waals surface area contributed by atoms with Crippen molar-refractivity contribution in [3.05, 3.63) is 0 Å². The molecule has 1 unspecified atom stereocenters. The minimum Gasteiger partial charge on any atom is -0.365 e. The molecule has 0 fully saturated rings. The van der Waals surface area contributed by atoms with Gasteiger partial charge in [-0.1, -0.05) is 39.5 Å². The number of hydrogen-bond acceptors (Lipinski definition) is 1. The SMILES string of the molecule is C#CC(OCCCCC)C(C)C. The van der Waals surface area contributed by atoms with Crippen molar-refractivity contribution >= 4 is 0 Å². The van der Waals surface area contributed by atoms with E-state index in [4.69, 9.17) is 11.2 Å². The van der Waals surface area contributed by atoms with E-state index < -0.39 is 0 Å². The van der Waals surface area contributed by atoms with Crippen LogP contribution in [0, 0.1) is 18.3 Å². The molecule has 0 amide bonds. The van der Waals surface area contributed by atoms with Crippen LogP contribution in [0.1, 0.15) is 40.0 Å². The van der Waals surface area contributed by atoms with Crippen LogP contribution in [-0.4, -0.2) is 12.7 Å². The molecule has 0 radical (unpaired) electrons. The molecule has 0 bridgehead atoms. The Morgan fingerprint density at radius 2 is 2.00 bits per heavy atom. The Labute approximate surface area is 76.5 Å². The Morgan fingerprint density at radius 1 is 1.33 bits per heavy atom. The van der Waals surface area contributed by atoms with Gasteiger partial charge in [0.1, 0.15) is 6.10 Å². The molecule has 0 aromatic carbocycles. The number of ether oxygens (including phenoxy) is 1. The van der Waals surface area contributed by atoms with Crippen molar-refractivity contribution in [2.45, 2.75) is 46.1 Å². The summed E-state index contributed by atoms with van der Waals surface area (Å²) in [6.45, 7) is 7.16. The second kappa shape index (κ2) is 7.18. The summed E-state index contributed by atoms with van der Waals surface area (Å²) in [4.78, 5) is 0. The molecule has 0 aliphatic carbocycles. The quantitative estimate of drug-likeness (QED) is 0.438. The summed E-state index contributed by atoms with van der Waals surface area (Å²) >= 11 is 0. The minimum atomic E-state index is 0.00172. The van der Waals surface area contributed by atoms with Crippen molar-refractivity contribution in [1.29, 1.82) is 0 Å². The summed E-state index contributed by atoms with van der Waals surface area (Å²) in [5.74, 6) is 3.08. The van der Waals surface area contributed by atoms with Crippen LogP contribution >= 0.6 is 0 Å². The van der Waals surface area contributed by atoms with E-state index in [1.165, 1.54) is 12.8 Å². The smallest absolute Gasteiger partial charge is 0.120 e. The third-order valence-corrected chi connectivity index (χ3v) is 1.82. The van der Waals surface area contributed by atoms with Crippen LogP contribution < -0.4 is 0 Å². The Kier molecular flexibility index (Phi) is 6.90. The Morgan fingerprint density at radius 3 is 2.42 bits per heavy atom. The van der Waals surface area contributed by atoms with Gasteiger partial charge in [0.2, 0.25) is 0 Å². The zero-order valence-electron chi connectivity index (χ0n) is 8.47. The summed E-state index contributed by atoms with van der Waals surface area (Å²) in [6.07, 6.45) is 8.90. The lowest BCUT2D eigenvalue weighted by molar-refractivity contribution is 0.0592. The van der Waals surface area contributed by atoms with E-state index in [1.807, 2.05) is 0 Å². The van der Waals surface area contributed by atoms with Crippen molar-refractivity contribution in [3.63, 3.8) is 0 Å². The molecular weight excluding hydrogens is 148 g/mol. The van der Waals surface area contributed by atoms with E-state index in [0.717, 1.165) is 13.0 Å². The third-order valence-electron chi connectivity index (χ3n) is 1.82. The maximum absolute atomic E-state index is 5.52. The van der Waals surface area contributed by atoms with E-state index in [0.29, 0.717) is 5.92 Å². The molecule has 0 N–H and O–H groups in total. The zero-order valence-corrected chi connectivity index (χ0v) is 8.47. The summed E-state index contributed by atoms with van der Waals surface area (Å²) in [5, 5.41) is 0. The predicted molar refractivity (Wildman–Crippen MR) is 52.9 cm³/mol. The van der Waals surface area contributed by atoms with Gasteiger partial charge < -0.3 is 4.74 Å². The van der Waals surface area contributed by atoms with Gasteiger partial charge in [0, 0.05) is 6.61 Å². The lowest BCUT2D eigenvalue weighted by Crippen LogP contribution is -2.18. The molecule has 0 saturated heterocycles. The van der Waals surface area contributed by atoms with Crippen molar-refractivity contribution in [2.24, 2.45) is 5.92 Å². The van der Waals surface area contributed by atoms with Crippen molar-refractivity contribution in [2.75, 3.05) is 6.61 Å². The molecular formula is C11H20O. The molecule has 0 aliphatic heterocycles. The molecule has 1 heteroatoms. The van der Waals surface area contributed by atoms with Crippen molar-refractivity contribution < 1.29 is 4.74 Å². The highest BCUT2D eigenvalue weighted by Gasteiger charge is 2.08. The van der Waals surface area contributed by atoms with E-state index in [2.05, 4.69) is 26.7 Å².